The highest BCUT2D eigenvalue weighted by atomic mass is 16.5. The monoisotopic (exact) mass is 397 g/mol. The minimum atomic E-state index is -0.835. The van der Waals surface area contributed by atoms with Crippen molar-refractivity contribution in [3.63, 3.8) is 0 Å². The van der Waals surface area contributed by atoms with E-state index in [2.05, 4.69) is 16.0 Å². The summed E-state index contributed by atoms with van der Waals surface area (Å²) in [6, 6.07) is 17.5. The van der Waals surface area contributed by atoms with Gasteiger partial charge in [0.2, 0.25) is 11.8 Å². The molecule has 0 bridgehead atoms. The molecule has 2 aromatic carbocycles. The Morgan fingerprint density at radius 2 is 1.34 bits per heavy atom. The van der Waals surface area contributed by atoms with Crippen LogP contribution in [0.4, 0.5) is 4.79 Å². The van der Waals surface area contributed by atoms with Gasteiger partial charge in [-0.15, -0.1) is 0 Å². The highest BCUT2D eigenvalue weighted by molar-refractivity contribution is 5.90. The van der Waals surface area contributed by atoms with Gasteiger partial charge >= 0.3 is 6.09 Å². The lowest BCUT2D eigenvalue weighted by atomic mass is 10.1. The lowest BCUT2D eigenvalue weighted by Gasteiger charge is -2.18. The summed E-state index contributed by atoms with van der Waals surface area (Å²) in [5, 5.41) is 7.83. The quantitative estimate of drug-likeness (QED) is 0.604. The number of rotatable bonds is 9. The topological polar surface area (TPSA) is 96.5 Å². The molecule has 3 amide bonds. The molecule has 154 valence electrons. The van der Waals surface area contributed by atoms with Crippen LogP contribution in [0.5, 0.6) is 0 Å². The van der Waals surface area contributed by atoms with Crippen molar-refractivity contribution in [1.82, 2.24) is 16.0 Å². The smallest absolute Gasteiger partial charge is 0.408 e. The SMILES string of the molecule is C[C@H](NC(=O)OCc1ccccc1)C(=O)N[C@@H](C)C(=O)NCCc1ccccc1. The summed E-state index contributed by atoms with van der Waals surface area (Å²) in [6.07, 6.45) is 0.00909. The van der Waals surface area contributed by atoms with Crippen molar-refractivity contribution in [3.8, 4) is 0 Å². The second-order valence-electron chi connectivity index (χ2n) is 6.68. The number of carbonyl (C=O) groups is 3. The van der Waals surface area contributed by atoms with Gasteiger partial charge in [-0.2, -0.15) is 0 Å². The summed E-state index contributed by atoms with van der Waals surface area (Å²) in [6.45, 7) is 3.71. The van der Waals surface area contributed by atoms with E-state index >= 15 is 0 Å². The number of alkyl carbamates (subject to hydrolysis) is 1. The molecule has 2 atom stereocenters. The normalized spacial score (nSPS) is 12.3. The standard InChI is InChI=1S/C22H27N3O4/c1-16(20(26)23-14-13-18-9-5-3-6-10-18)24-21(27)17(2)25-22(28)29-15-19-11-7-4-8-12-19/h3-12,16-17H,13-15H2,1-2H3,(H,23,26)(H,24,27)(H,25,28)/t16-,17-/m0/s1. The fourth-order valence-corrected chi connectivity index (χ4v) is 2.54. The Hall–Kier alpha value is -3.35. The van der Waals surface area contributed by atoms with Crippen molar-refractivity contribution < 1.29 is 19.1 Å². The van der Waals surface area contributed by atoms with Crippen LogP contribution in [0.15, 0.2) is 60.7 Å². The van der Waals surface area contributed by atoms with Crippen LogP contribution in [0.1, 0.15) is 25.0 Å². The summed E-state index contributed by atoms with van der Waals surface area (Å²) >= 11 is 0. The van der Waals surface area contributed by atoms with Gasteiger partial charge in [-0.25, -0.2) is 4.79 Å². The number of ether oxygens (including phenoxy) is 1. The molecule has 0 radical (unpaired) electrons. The minimum Gasteiger partial charge on any atom is -0.445 e. The van der Waals surface area contributed by atoms with Gasteiger partial charge in [0.25, 0.3) is 0 Å². The molecule has 0 aliphatic rings. The van der Waals surface area contributed by atoms with Gasteiger partial charge in [0.05, 0.1) is 0 Å². The van der Waals surface area contributed by atoms with Crippen molar-refractivity contribution in [3.05, 3.63) is 71.8 Å². The predicted octanol–water partition coefficient (Wildman–Crippen LogP) is 2.16. The molecule has 7 nitrogen and oxygen atoms in total. The Kier molecular flexibility index (Phi) is 8.69. The zero-order chi connectivity index (χ0) is 21.1. The summed E-state index contributed by atoms with van der Waals surface area (Å²) in [4.78, 5) is 36.2. The van der Waals surface area contributed by atoms with E-state index in [1.54, 1.807) is 6.92 Å². The van der Waals surface area contributed by atoms with Gasteiger partial charge in [-0.1, -0.05) is 60.7 Å². The van der Waals surface area contributed by atoms with Gasteiger partial charge in [0.1, 0.15) is 18.7 Å². The zero-order valence-electron chi connectivity index (χ0n) is 16.7. The first kappa shape index (κ1) is 21.9. The van der Waals surface area contributed by atoms with E-state index in [-0.39, 0.29) is 12.5 Å². The maximum atomic E-state index is 12.2. The Balaban J connectivity index is 1.67. The van der Waals surface area contributed by atoms with Gasteiger partial charge in [-0.05, 0) is 31.4 Å². The Morgan fingerprint density at radius 3 is 1.97 bits per heavy atom. The summed E-state index contributed by atoms with van der Waals surface area (Å²) in [7, 11) is 0. The fraction of sp³-hybridized carbons (Fsp3) is 0.318. The molecule has 0 spiro atoms. The van der Waals surface area contributed by atoms with E-state index in [1.807, 2.05) is 60.7 Å². The second kappa shape index (κ2) is 11.5. The van der Waals surface area contributed by atoms with Gasteiger partial charge < -0.3 is 20.7 Å². The van der Waals surface area contributed by atoms with Crippen LogP contribution in [0.3, 0.4) is 0 Å². The second-order valence-corrected chi connectivity index (χ2v) is 6.68. The van der Waals surface area contributed by atoms with Crippen LogP contribution < -0.4 is 16.0 Å². The zero-order valence-corrected chi connectivity index (χ0v) is 16.7. The fourth-order valence-electron chi connectivity index (χ4n) is 2.54. The third-order valence-electron chi connectivity index (χ3n) is 4.25. The highest BCUT2D eigenvalue weighted by Crippen LogP contribution is 2.01. The number of amides is 3. The maximum Gasteiger partial charge on any atom is 0.408 e. The van der Waals surface area contributed by atoms with Crippen LogP contribution >= 0.6 is 0 Å². The predicted molar refractivity (Wildman–Crippen MR) is 110 cm³/mol. The number of hydrogen-bond acceptors (Lipinski definition) is 4. The molecule has 7 heteroatoms. The Labute approximate surface area is 170 Å². The van der Waals surface area contributed by atoms with Crippen molar-refractivity contribution >= 4 is 17.9 Å². The molecule has 0 saturated carbocycles. The molecule has 0 aliphatic carbocycles. The van der Waals surface area contributed by atoms with Crippen LogP contribution in [0.2, 0.25) is 0 Å². The van der Waals surface area contributed by atoms with E-state index in [9.17, 15) is 14.4 Å². The van der Waals surface area contributed by atoms with Crippen molar-refractivity contribution in [2.45, 2.75) is 39.0 Å². The van der Waals surface area contributed by atoms with E-state index in [0.717, 1.165) is 11.1 Å². The van der Waals surface area contributed by atoms with Gasteiger partial charge in [-0.3, -0.25) is 9.59 Å². The first-order chi connectivity index (χ1) is 14.0. The maximum absolute atomic E-state index is 12.2. The van der Waals surface area contributed by atoms with E-state index < -0.39 is 24.1 Å². The van der Waals surface area contributed by atoms with Crippen LogP contribution in [0.25, 0.3) is 0 Å². The molecule has 2 aromatic rings. The average molecular weight is 397 g/mol. The van der Waals surface area contributed by atoms with Crippen LogP contribution in [0, 0.1) is 0 Å². The van der Waals surface area contributed by atoms with E-state index in [4.69, 9.17) is 4.74 Å². The lowest BCUT2D eigenvalue weighted by molar-refractivity contribution is -0.129. The van der Waals surface area contributed by atoms with E-state index in [0.29, 0.717) is 13.0 Å². The molecule has 0 aliphatic heterocycles. The Bertz CT molecular complexity index is 796. The van der Waals surface area contributed by atoms with Crippen molar-refractivity contribution in [2.75, 3.05) is 6.54 Å². The summed E-state index contributed by atoms with van der Waals surface area (Å²) < 4.78 is 5.09. The van der Waals surface area contributed by atoms with Crippen LogP contribution in [-0.4, -0.2) is 36.5 Å². The molecule has 29 heavy (non-hydrogen) atoms. The third kappa shape index (κ3) is 8.04. The molecule has 2 rings (SSSR count). The van der Waals surface area contributed by atoms with Crippen LogP contribution in [-0.2, 0) is 27.4 Å². The average Bonchev–Trinajstić information content (AvgIpc) is 2.73. The molecule has 0 fully saturated rings. The number of carbonyl (C=O) groups excluding carboxylic acids is 3. The lowest BCUT2D eigenvalue weighted by Crippen LogP contribution is -2.51. The molecular formula is C22H27N3O4. The van der Waals surface area contributed by atoms with E-state index in [1.165, 1.54) is 6.92 Å². The van der Waals surface area contributed by atoms with Gasteiger partial charge in [0.15, 0.2) is 0 Å². The first-order valence-electron chi connectivity index (χ1n) is 9.55. The molecule has 0 unspecified atom stereocenters. The molecule has 0 heterocycles. The van der Waals surface area contributed by atoms with Crippen molar-refractivity contribution in [1.29, 1.82) is 0 Å². The van der Waals surface area contributed by atoms with Crippen molar-refractivity contribution in [2.24, 2.45) is 0 Å². The number of nitrogens with one attached hydrogen (secondary N) is 3. The number of benzene rings is 2. The summed E-state index contributed by atoms with van der Waals surface area (Å²) in [5.74, 6) is -0.750. The molecule has 0 aromatic heterocycles. The third-order valence-corrected chi connectivity index (χ3v) is 4.25. The minimum absolute atomic E-state index is 0.112. The molecule has 0 saturated heterocycles. The number of hydrogen-bond donors (Lipinski definition) is 3. The molecule has 3 N–H and O–H groups in total. The molecular weight excluding hydrogens is 370 g/mol. The first-order valence-corrected chi connectivity index (χ1v) is 9.55. The summed E-state index contributed by atoms with van der Waals surface area (Å²) in [5.41, 5.74) is 1.97. The largest absolute Gasteiger partial charge is 0.445 e. The van der Waals surface area contributed by atoms with Gasteiger partial charge in [0, 0.05) is 6.54 Å². The Morgan fingerprint density at radius 1 is 0.793 bits per heavy atom. The highest BCUT2D eigenvalue weighted by Gasteiger charge is 2.21.